The molecule has 1 unspecified atom stereocenters. The van der Waals surface area contributed by atoms with Crippen molar-refractivity contribution in [1.29, 1.82) is 0 Å². The quantitative estimate of drug-likeness (QED) is 0.777. The molecule has 0 aliphatic carbocycles. The van der Waals surface area contributed by atoms with Crippen LogP contribution < -0.4 is 15.2 Å². The lowest BCUT2D eigenvalue weighted by Gasteiger charge is -2.19. The van der Waals surface area contributed by atoms with Crippen LogP contribution in [0.5, 0.6) is 11.5 Å². The second-order valence-corrected chi connectivity index (χ2v) is 3.69. The average molecular weight is 225 g/mol. The van der Waals surface area contributed by atoms with Gasteiger partial charge in [0.25, 0.3) is 0 Å². The summed E-state index contributed by atoms with van der Waals surface area (Å²) in [7, 11) is 1.55. The van der Waals surface area contributed by atoms with E-state index in [-0.39, 0.29) is 6.61 Å². The lowest BCUT2D eigenvalue weighted by Crippen LogP contribution is -2.49. The summed E-state index contributed by atoms with van der Waals surface area (Å²) in [5.41, 5.74) is 4.12. The number of carboxylic acid groups (broad SMARTS) is 1. The molecule has 0 heterocycles. The highest BCUT2D eigenvalue weighted by Gasteiger charge is 2.28. The molecule has 0 radical (unpaired) electrons. The first-order chi connectivity index (χ1) is 7.45. The van der Waals surface area contributed by atoms with Gasteiger partial charge in [0.05, 0.1) is 7.11 Å². The van der Waals surface area contributed by atoms with E-state index in [1.807, 2.05) is 0 Å². The van der Waals surface area contributed by atoms with Crippen LogP contribution in [0.3, 0.4) is 0 Å². The van der Waals surface area contributed by atoms with Crippen LogP contribution in [-0.2, 0) is 4.79 Å². The predicted molar refractivity (Wildman–Crippen MR) is 58.7 cm³/mol. The lowest BCUT2D eigenvalue weighted by atomic mass is 10.1. The van der Waals surface area contributed by atoms with Crippen molar-refractivity contribution in [2.24, 2.45) is 5.73 Å². The second kappa shape index (κ2) is 4.85. The fraction of sp³-hybridized carbons (Fsp3) is 0.364. The van der Waals surface area contributed by atoms with Crippen molar-refractivity contribution in [1.82, 2.24) is 0 Å². The molecule has 0 amide bonds. The fourth-order valence-electron chi connectivity index (χ4n) is 0.986. The molecule has 1 rings (SSSR count). The molecule has 0 aliphatic heterocycles. The number of carboxylic acids is 1. The smallest absolute Gasteiger partial charge is 0.326 e. The zero-order valence-electron chi connectivity index (χ0n) is 9.27. The van der Waals surface area contributed by atoms with Crippen molar-refractivity contribution in [3.8, 4) is 11.5 Å². The maximum Gasteiger partial charge on any atom is 0.326 e. The van der Waals surface area contributed by atoms with Gasteiger partial charge in [-0.2, -0.15) is 0 Å². The summed E-state index contributed by atoms with van der Waals surface area (Å²) in [5.74, 6) is 0.0687. The molecule has 1 aromatic carbocycles. The van der Waals surface area contributed by atoms with Crippen molar-refractivity contribution in [2.45, 2.75) is 12.5 Å². The predicted octanol–water partition coefficient (Wildman–Crippen LogP) is 0.876. The van der Waals surface area contributed by atoms with E-state index in [2.05, 4.69) is 0 Å². The third-order valence-electron chi connectivity index (χ3n) is 2.07. The summed E-state index contributed by atoms with van der Waals surface area (Å²) in [6.45, 7) is 1.30. The first-order valence-electron chi connectivity index (χ1n) is 4.75. The monoisotopic (exact) mass is 225 g/mol. The number of ether oxygens (including phenoxy) is 2. The highest BCUT2D eigenvalue weighted by atomic mass is 16.5. The Morgan fingerprint density at radius 1 is 1.50 bits per heavy atom. The molecule has 1 atom stereocenters. The van der Waals surface area contributed by atoms with Gasteiger partial charge >= 0.3 is 5.97 Å². The average Bonchev–Trinajstić information content (AvgIpc) is 2.26. The Balaban J connectivity index is 2.64. The van der Waals surface area contributed by atoms with E-state index < -0.39 is 11.5 Å². The van der Waals surface area contributed by atoms with Gasteiger partial charge in [0.1, 0.15) is 23.6 Å². The van der Waals surface area contributed by atoms with E-state index in [0.29, 0.717) is 11.5 Å². The summed E-state index contributed by atoms with van der Waals surface area (Å²) in [6, 6.07) is 6.90. The van der Waals surface area contributed by atoms with Gasteiger partial charge in [0.2, 0.25) is 0 Å². The molecular formula is C11H15NO4. The largest absolute Gasteiger partial charge is 0.497 e. The van der Waals surface area contributed by atoms with Gasteiger partial charge in [-0.3, -0.25) is 4.79 Å². The number of benzene rings is 1. The van der Waals surface area contributed by atoms with E-state index in [1.54, 1.807) is 31.4 Å². The van der Waals surface area contributed by atoms with E-state index in [4.69, 9.17) is 20.3 Å². The summed E-state index contributed by atoms with van der Waals surface area (Å²) in [6.07, 6.45) is 0. The number of nitrogens with two attached hydrogens (primary N) is 1. The van der Waals surface area contributed by atoms with Crippen LogP contribution in [0, 0.1) is 0 Å². The topological polar surface area (TPSA) is 81.8 Å². The highest BCUT2D eigenvalue weighted by molar-refractivity contribution is 5.78. The minimum absolute atomic E-state index is 0.102. The van der Waals surface area contributed by atoms with Crippen LogP contribution in [0.4, 0.5) is 0 Å². The minimum atomic E-state index is -1.40. The minimum Gasteiger partial charge on any atom is -0.497 e. The van der Waals surface area contributed by atoms with Gasteiger partial charge in [-0.1, -0.05) is 6.07 Å². The molecule has 3 N–H and O–H groups in total. The van der Waals surface area contributed by atoms with Crippen LogP contribution in [-0.4, -0.2) is 30.3 Å². The number of hydrogen-bond acceptors (Lipinski definition) is 4. The van der Waals surface area contributed by atoms with E-state index >= 15 is 0 Å². The van der Waals surface area contributed by atoms with E-state index in [0.717, 1.165) is 0 Å². The van der Waals surface area contributed by atoms with Gasteiger partial charge in [-0.05, 0) is 19.1 Å². The number of aliphatic carboxylic acids is 1. The molecule has 0 saturated carbocycles. The van der Waals surface area contributed by atoms with Crippen molar-refractivity contribution in [3.63, 3.8) is 0 Å². The van der Waals surface area contributed by atoms with E-state index in [1.165, 1.54) is 6.92 Å². The first kappa shape index (κ1) is 12.3. The van der Waals surface area contributed by atoms with Gasteiger partial charge in [0.15, 0.2) is 0 Å². The number of methoxy groups -OCH3 is 1. The second-order valence-electron chi connectivity index (χ2n) is 3.69. The van der Waals surface area contributed by atoms with Crippen molar-refractivity contribution < 1.29 is 19.4 Å². The fourth-order valence-corrected chi connectivity index (χ4v) is 0.986. The zero-order chi connectivity index (χ0) is 12.2. The molecular weight excluding hydrogens is 210 g/mol. The summed E-state index contributed by atoms with van der Waals surface area (Å²) >= 11 is 0. The first-order valence-corrected chi connectivity index (χ1v) is 4.75. The molecule has 0 spiro atoms. The number of rotatable bonds is 5. The standard InChI is InChI=1S/C11H15NO4/c1-11(12,10(13)14)7-16-9-5-3-4-8(6-9)15-2/h3-6H,7,12H2,1-2H3,(H,13,14). The molecule has 5 heteroatoms. The highest BCUT2D eigenvalue weighted by Crippen LogP contribution is 2.19. The van der Waals surface area contributed by atoms with Crippen molar-refractivity contribution in [3.05, 3.63) is 24.3 Å². The van der Waals surface area contributed by atoms with Crippen molar-refractivity contribution >= 4 is 5.97 Å². The maximum absolute atomic E-state index is 10.7. The third-order valence-corrected chi connectivity index (χ3v) is 2.07. The Hall–Kier alpha value is -1.75. The van der Waals surface area contributed by atoms with Crippen LogP contribution in [0.15, 0.2) is 24.3 Å². The van der Waals surface area contributed by atoms with Gasteiger partial charge < -0.3 is 20.3 Å². The summed E-state index contributed by atoms with van der Waals surface area (Å²) < 4.78 is 10.3. The summed E-state index contributed by atoms with van der Waals surface area (Å²) in [4.78, 5) is 10.7. The van der Waals surface area contributed by atoms with Crippen LogP contribution in [0.2, 0.25) is 0 Å². The Morgan fingerprint density at radius 3 is 2.69 bits per heavy atom. The van der Waals surface area contributed by atoms with Gasteiger partial charge in [-0.15, -0.1) is 0 Å². The molecule has 5 nitrogen and oxygen atoms in total. The van der Waals surface area contributed by atoms with Gasteiger partial charge in [-0.25, -0.2) is 0 Å². The molecule has 16 heavy (non-hydrogen) atoms. The van der Waals surface area contributed by atoms with Crippen LogP contribution in [0.25, 0.3) is 0 Å². The Kier molecular flexibility index (Phi) is 3.73. The Bertz CT molecular complexity index is 376. The van der Waals surface area contributed by atoms with Gasteiger partial charge in [0, 0.05) is 6.07 Å². The molecule has 0 bridgehead atoms. The lowest BCUT2D eigenvalue weighted by molar-refractivity contribution is -0.143. The van der Waals surface area contributed by atoms with Crippen LogP contribution in [0.1, 0.15) is 6.92 Å². The molecule has 1 aromatic rings. The summed E-state index contributed by atoms with van der Waals surface area (Å²) in [5, 5.41) is 8.79. The van der Waals surface area contributed by atoms with E-state index in [9.17, 15) is 4.79 Å². The number of hydrogen-bond donors (Lipinski definition) is 2. The molecule has 88 valence electrons. The van der Waals surface area contributed by atoms with Crippen LogP contribution >= 0.6 is 0 Å². The zero-order valence-corrected chi connectivity index (χ0v) is 9.27. The number of carbonyl (C=O) groups is 1. The SMILES string of the molecule is COc1cccc(OCC(C)(N)C(=O)O)c1. The molecule has 0 aromatic heterocycles. The molecule has 0 fully saturated rings. The van der Waals surface area contributed by atoms with Crippen molar-refractivity contribution in [2.75, 3.05) is 13.7 Å². The normalized spacial score (nSPS) is 13.9. The Labute approximate surface area is 93.8 Å². The molecule has 0 saturated heterocycles. The third kappa shape index (κ3) is 3.13. The Morgan fingerprint density at radius 2 is 2.12 bits per heavy atom. The molecule has 0 aliphatic rings. The maximum atomic E-state index is 10.7.